The Hall–Kier alpha value is -5.49. The Morgan fingerprint density at radius 2 is 1.44 bits per heavy atom. The molecule has 0 bridgehead atoms. The number of fused-ring (bicyclic) bond motifs is 5. The van der Waals surface area contributed by atoms with E-state index in [4.69, 9.17) is 18.5 Å². The van der Waals surface area contributed by atoms with E-state index in [1.54, 1.807) is 12.3 Å². The average Bonchev–Trinajstić information content (AvgIpc) is 3.79. The standard InChI is InChI=1S/C38H36N3O.C16H17FN.Ir/c1-22(2)26-14-10-15-27(23(3)4)35(26)41-32-20-34(38(5,6)7)39-21-31(32)40-37(41)29-17-11-16-28-30-18-24-12-8-9-13-25(24)19-33(30)42-36(28)29;1-11-5-7-13(14(17)9-11)15-8-6-12(10-18-15)16(2,3)4;/h8-16,18-23H,1-7H3;5-6,8-10H,1-4H3;/q2*-1;/i;1D3;. The third-order valence-corrected chi connectivity index (χ3v) is 11.2. The zero-order valence-electron chi connectivity index (χ0n) is 39.5. The molecule has 0 fully saturated rings. The van der Waals surface area contributed by atoms with Gasteiger partial charge in [0.15, 0.2) is 0 Å². The molecule has 0 saturated heterocycles. The van der Waals surface area contributed by atoms with Gasteiger partial charge in [0, 0.05) is 58.4 Å². The van der Waals surface area contributed by atoms with E-state index in [2.05, 4.69) is 158 Å². The van der Waals surface area contributed by atoms with Gasteiger partial charge in [0.25, 0.3) is 0 Å². The fraction of sp³-hybridized carbons (Fsp3) is 0.278. The van der Waals surface area contributed by atoms with Crippen LogP contribution >= 0.6 is 0 Å². The number of para-hydroxylation sites is 1. The van der Waals surface area contributed by atoms with Crippen molar-refractivity contribution in [2.24, 2.45) is 0 Å². The van der Waals surface area contributed by atoms with Gasteiger partial charge < -0.3 is 14.0 Å². The molecule has 9 aromatic rings. The van der Waals surface area contributed by atoms with Crippen LogP contribution in [0.15, 0.2) is 114 Å². The minimum absolute atomic E-state index is 0. The molecule has 4 heterocycles. The molecule has 0 atom stereocenters. The number of halogens is 1. The molecule has 0 spiro atoms. The van der Waals surface area contributed by atoms with Crippen LogP contribution in [-0.2, 0) is 30.9 Å². The van der Waals surface area contributed by atoms with Crippen LogP contribution in [0.1, 0.15) is 113 Å². The molecule has 0 amide bonds. The van der Waals surface area contributed by atoms with Crippen molar-refractivity contribution in [3.05, 3.63) is 155 Å². The molecule has 9 rings (SSSR count). The van der Waals surface area contributed by atoms with Gasteiger partial charge in [-0.25, -0.2) is 0 Å². The number of furan rings is 1. The van der Waals surface area contributed by atoms with Crippen LogP contribution in [0.4, 0.5) is 4.39 Å². The number of hydrogen-bond acceptors (Lipinski definition) is 4. The van der Waals surface area contributed by atoms with Gasteiger partial charge in [0.1, 0.15) is 5.58 Å². The van der Waals surface area contributed by atoms with E-state index in [1.165, 1.54) is 28.3 Å². The van der Waals surface area contributed by atoms with Crippen LogP contribution in [0.5, 0.6) is 0 Å². The maximum atomic E-state index is 14.1. The molecule has 0 saturated carbocycles. The zero-order chi connectivity index (χ0) is 45.2. The summed E-state index contributed by atoms with van der Waals surface area (Å²) in [7, 11) is 0. The summed E-state index contributed by atoms with van der Waals surface area (Å²) in [4.78, 5) is 14.4. The Morgan fingerprint density at radius 3 is 2.05 bits per heavy atom. The number of nitrogens with zero attached hydrogens (tertiary/aromatic N) is 4. The summed E-state index contributed by atoms with van der Waals surface area (Å²) in [6, 6.07) is 38.0. The van der Waals surface area contributed by atoms with Crippen molar-refractivity contribution in [1.82, 2.24) is 19.5 Å². The Balaban J connectivity index is 0.000000236. The largest absolute Gasteiger partial charge is 0.501 e. The van der Waals surface area contributed by atoms with Crippen LogP contribution in [0.25, 0.3) is 72.1 Å². The maximum Gasteiger partial charge on any atom is 0.121 e. The molecule has 0 aliphatic heterocycles. The monoisotopic (exact) mass is 988 g/mol. The van der Waals surface area contributed by atoms with Crippen LogP contribution in [0, 0.1) is 24.8 Å². The Labute approximate surface area is 377 Å². The van der Waals surface area contributed by atoms with Crippen molar-refractivity contribution in [3.63, 3.8) is 0 Å². The summed E-state index contributed by atoms with van der Waals surface area (Å²) in [6.45, 7) is 19.6. The number of pyridine rings is 2. The summed E-state index contributed by atoms with van der Waals surface area (Å²) < 4.78 is 44.9. The second-order valence-corrected chi connectivity index (χ2v) is 18.4. The molecule has 0 N–H and O–H groups in total. The van der Waals surface area contributed by atoms with E-state index in [-0.39, 0.29) is 42.1 Å². The van der Waals surface area contributed by atoms with Crippen molar-refractivity contribution in [2.45, 2.75) is 98.8 Å². The summed E-state index contributed by atoms with van der Waals surface area (Å²) >= 11 is 0. The topological polar surface area (TPSA) is 56.7 Å². The summed E-state index contributed by atoms with van der Waals surface area (Å²) in [5.41, 5.74) is 10.7. The number of rotatable bonds is 5. The number of benzene rings is 5. The van der Waals surface area contributed by atoms with Crippen molar-refractivity contribution >= 4 is 43.7 Å². The molecule has 0 aliphatic carbocycles. The van der Waals surface area contributed by atoms with Gasteiger partial charge >= 0.3 is 0 Å². The SMILES string of the molecule is CC(C)c1cccc(C(C)C)c1-n1c(-c2[c-]ccc3c2oc2cc4ccccc4cc23)nc2cnc(C(C)(C)C)cc21.[2H]C([2H])([2H])c1c[c-]c(-c2ccc(C(C)(C)C)cn2)c(F)c1.[Ir]. The minimum Gasteiger partial charge on any atom is -0.501 e. The van der Waals surface area contributed by atoms with Crippen molar-refractivity contribution < 1.29 is 33.0 Å². The van der Waals surface area contributed by atoms with Crippen LogP contribution in [0.3, 0.4) is 0 Å². The zero-order valence-corrected chi connectivity index (χ0v) is 38.9. The average molecular weight is 988 g/mol. The first-order valence-electron chi connectivity index (χ1n) is 22.2. The molecular weight excluding hydrogens is 932 g/mol. The molecule has 1 radical (unpaired) electrons. The fourth-order valence-corrected chi connectivity index (χ4v) is 7.80. The molecule has 0 aliphatic rings. The second kappa shape index (κ2) is 16.8. The summed E-state index contributed by atoms with van der Waals surface area (Å²) in [5, 5.41) is 4.53. The predicted octanol–water partition coefficient (Wildman–Crippen LogP) is 14.8. The van der Waals surface area contributed by atoms with Crippen molar-refractivity contribution in [3.8, 4) is 28.3 Å². The molecule has 61 heavy (non-hydrogen) atoms. The third-order valence-electron chi connectivity index (χ3n) is 11.2. The third kappa shape index (κ3) is 8.43. The first kappa shape index (κ1) is 39.6. The summed E-state index contributed by atoms with van der Waals surface area (Å²) in [6.07, 6.45) is 3.63. The molecular formula is C54H53FIrN4O-2. The van der Waals surface area contributed by atoms with E-state index < -0.39 is 12.7 Å². The molecule has 5 aromatic carbocycles. The predicted molar refractivity (Wildman–Crippen MR) is 247 cm³/mol. The summed E-state index contributed by atoms with van der Waals surface area (Å²) in [5.74, 6) is 0.847. The van der Waals surface area contributed by atoms with Gasteiger partial charge in [-0.1, -0.05) is 147 Å². The Morgan fingerprint density at radius 1 is 0.738 bits per heavy atom. The molecule has 5 nitrogen and oxygen atoms in total. The van der Waals surface area contributed by atoms with Crippen LogP contribution in [0.2, 0.25) is 0 Å². The van der Waals surface area contributed by atoms with Gasteiger partial charge in [-0.15, -0.1) is 42.0 Å². The number of hydrogen-bond donors (Lipinski definition) is 0. The number of imidazole rings is 1. The molecule has 313 valence electrons. The number of aryl methyl sites for hydroxylation is 1. The molecule has 7 heteroatoms. The van der Waals surface area contributed by atoms with E-state index in [1.807, 2.05) is 18.3 Å². The van der Waals surface area contributed by atoms with Gasteiger partial charge in [-0.2, -0.15) is 0 Å². The fourth-order valence-electron chi connectivity index (χ4n) is 7.80. The maximum absolute atomic E-state index is 14.1. The Kier molecular flexibility index (Phi) is 10.9. The van der Waals surface area contributed by atoms with E-state index in [0.717, 1.165) is 67.1 Å². The van der Waals surface area contributed by atoms with Gasteiger partial charge in [0.05, 0.1) is 28.6 Å². The normalized spacial score (nSPS) is 13.0. The van der Waals surface area contributed by atoms with Gasteiger partial charge in [-0.05, 0) is 68.6 Å². The quantitative estimate of drug-likeness (QED) is 0.161. The van der Waals surface area contributed by atoms with Crippen molar-refractivity contribution in [1.29, 1.82) is 0 Å². The minimum atomic E-state index is -2.33. The first-order chi connectivity index (χ1) is 29.7. The van der Waals surface area contributed by atoms with Crippen LogP contribution in [-0.4, -0.2) is 19.5 Å². The van der Waals surface area contributed by atoms with Crippen molar-refractivity contribution in [2.75, 3.05) is 0 Å². The first-order valence-corrected chi connectivity index (χ1v) is 20.7. The van der Waals surface area contributed by atoms with Gasteiger partial charge in [-0.3, -0.25) is 14.4 Å². The van der Waals surface area contributed by atoms with Crippen LogP contribution < -0.4 is 0 Å². The van der Waals surface area contributed by atoms with E-state index in [9.17, 15) is 4.39 Å². The van der Waals surface area contributed by atoms with E-state index >= 15 is 0 Å². The molecule has 0 unspecified atom stereocenters. The number of aromatic nitrogens is 4. The second-order valence-electron chi connectivity index (χ2n) is 18.4. The Bertz CT molecular complexity index is 3130. The molecule has 4 aromatic heterocycles. The van der Waals surface area contributed by atoms with E-state index in [0.29, 0.717) is 17.5 Å². The smallest absolute Gasteiger partial charge is 0.121 e. The van der Waals surface area contributed by atoms with Gasteiger partial charge in [0.2, 0.25) is 0 Å².